The molecule has 1 aromatic rings. The lowest BCUT2D eigenvalue weighted by Crippen LogP contribution is -1.79. The first kappa shape index (κ1) is 8.44. The van der Waals surface area contributed by atoms with E-state index in [2.05, 4.69) is 11.6 Å². The predicted molar refractivity (Wildman–Crippen MR) is 49.1 cm³/mol. The highest BCUT2D eigenvalue weighted by molar-refractivity contribution is 5.63. The molecule has 0 aliphatic heterocycles. The summed E-state index contributed by atoms with van der Waals surface area (Å²) in [5.74, 6) is 0. The van der Waals surface area contributed by atoms with Gasteiger partial charge in [-0.25, -0.2) is 4.79 Å². The third-order valence-electron chi connectivity index (χ3n) is 1.73. The van der Waals surface area contributed by atoms with Crippen LogP contribution in [0.4, 0.5) is 5.69 Å². The van der Waals surface area contributed by atoms with Crippen molar-refractivity contribution in [1.82, 2.24) is 0 Å². The maximum Gasteiger partial charge on any atom is 0.240 e. The molecule has 0 amide bonds. The fraction of sp³-hybridized carbons (Fsp3) is 0.100. The van der Waals surface area contributed by atoms with Crippen molar-refractivity contribution in [3.8, 4) is 0 Å². The van der Waals surface area contributed by atoms with Gasteiger partial charge in [0.05, 0.1) is 5.69 Å². The SMILES string of the molecule is C=Cc1cccc(N=C=O)c1C. The van der Waals surface area contributed by atoms with Gasteiger partial charge in [-0.2, -0.15) is 4.99 Å². The molecule has 0 aliphatic rings. The molecule has 0 spiro atoms. The van der Waals surface area contributed by atoms with Crippen molar-refractivity contribution < 1.29 is 4.79 Å². The van der Waals surface area contributed by atoms with E-state index >= 15 is 0 Å². The molecule has 0 radical (unpaired) electrons. The Hall–Kier alpha value is -1.66. The Kier molecular flexibility index (Phi) is 2.57. The van der Waals surface area contributed by atoms with E-state index in [9.17, 15) is 4.79 Å². The van der Waals surface area contributed by atoms with Gasteiger partial charge in [0.1, 0.15) is 0 Å². The maximum atomic E-state index is 10.0. The molecule has 0 saturated carbocycles. The molecule has 0 aromatic heterocycles. The summed E-state index contributed by atoms with van der Waals surface area (Å²) in [4.78, 5) is 13.6. The van der Waals surface area contributed by atoms with E-state index in [0.29, 0.717) is 5.69 Å². The van der Waals surface area contributed by atoms with Crippen molar-refractivity contribution in [3.05, 3.63) is 35.9 Å². The average Bonchev–Trinajstić information content (AvgIpc) is 2.09. The standard InChI is InChI=1S/C10H9NO/c1-3-9-5-4-6-10(8(9)2)11-7-12/h3-6H,1H2,2H3. The molecule has 2 heteroatoms. The molecular formula is C10H9NO. The van der Waals surface area contributed by atoms with Crippen molar-refractivity contribution in [3.63, 3.8) is 0 Å². The Morgan fingerprint density at radius 2 is 2.33 bits per heavy atom. The molecule has 0 saturated heterocycles. The van der Waals surface area contributed by atoms with Crippen molar-refractivity contribution in [1.29, 1.82) is 0 Å². The van der Waals surface area contributed by atoms with Crippen LogP contribution in [0, 0.1) is 6.92 Å². The second kappa shape index (κ2) is 3.65. The average molecular weight is 159 g/mol. The van der Waals surface area contributed by atoms with Gasteiger partial charge in [-0.1, -0.05) is 24.8 Å². The topological polar surface area (TPSA) is 29.4 Å². The first-order valence-electron chi connectivity index (χ1n) is 3.59. The minimum atomic E-state index is 0.655. The number of hydrogen-bond donors (Lipinski definition) is 0. The minimum absolute atomic E-state index is 0.655. The molecule has 1 rings (SSSR count). The fourth-order valence-electron chi connectivity index (χ4n) is 1.03. The Morgan fingerprint density at radius 3 is 2.92 bits per heavy atom. The van der Waals surface area contributed by atoms with E-state index in [0.717, 1.165) is 11.1 Å². The van der Waals surface area contributed by atoms with Gasteiger partial charge in [0.15, 0.2) is 0 Å². The Bertz CT molecular complexity index is 349. The van der Waals surface area contributed by atoms with Crippen LogP contribution < -0.4 is 0 Å². The maximum absolute atomic E-state index is 10.0. The molecule has 0 bridgehead atoms. The summed E-state index contributed by atoms with van der Waals surface area (Å²) in [5.41, 5.74) is 2.60. The summed E-state index contributed by atoms with van der Waals surface area (Å²) in [5, 5.41) is 0. The van der Waals surface area contributed by atoms with E-state index in [-0.39, 0.29) is 0 Å². The van der Waals surface area contributed by atoms with E-state index in [1.807, 2.05) is 19.1 Å². The quantitative estimate of drug-likeness (QED) is 0.481. The summed E-state index contributed by atoms with van der Waals surface area (Å²) < 4.78 is 0. The second-order valence-corrected chi connectivity index (χ2v) is 2.40. The zero-order valence-corrected chi connectivity index (χ0v) is 6.87. The number of rotatable bonds is 2. The van der Waals surface area contributed by atoms with Crippen molar-refractivity contribution in [2.45, 2.75) is 6.92 Å². The molecule has 0 heterocycles. The monoisotopic (exact) mass is 159 g/mol. The zero-order valence-electron chi connectivity index (χ0n) is 6.87. The number of benzene rings is 1. The van der Waals surface area contributed by atoms with Gasteiger partial charge in [0.2, 0.25) is 6.08 Å². The van der Waals surface area contributed by atoms with Gasteiger partial charge in [-0.3, -0.25) is 0 Å². The molecule has 1 aromatic carbocycles. The van der Waals surface area contributed by atoms with Crippen LogP contribution in [0.1, 0.15) is 11.1 Å². The summed E-state index contributed by atoms with van der Waals surface area (Å²) in [7, 11) is 0. The van der Waals surface area contributed by atoms with Crippen LogP contribution in [0.15, 0.2) is 29.8 Å². The second-order valence-electron chi connectivity index (χ2n) is 2.40. The van der Waals surface area contributed by atoms with Gasteiger partial charge in [-0.15, -0.1) is 0 Å². The lowest BCUT2D eigenvalue weighted by atomic mass is 10.1. The van der Waals surface area contributed by atoms with E-state index in [1.165, 1.54) is 6.08 Å². The first-order valence-corrected chi connectivity index (χ1v) is 3.59. The highest BCUT2D eigenvalue weighted by atomic mass is 16.1. The molecule has 60 valence electrons. The van der Waals surface area contributed by atoms with E-state index < -0.39 is 0 Å². The third-order valence-corrected chi connectivity index (χ3v) is 1.73. The number of isocyanates is 1. The summed E-state index contributed by atoms with van der Waals surface area (Å²) in [6, 6.07) is 5.53. The molecule has 0 aliphatic carbocycles. The van der Waals surface area contributed by atoms with E-state index in [1.54, 1.807) is 12.1 Å². The van der Waals surface area contributed by atoms with Gasteiger partial charge in [0.25, 0.3) is 0 Å². The molecule has 0 atom stereocenters. The van der Waals surface area contributed by atoms with Crippen LogP contribution in [0.25, 0.3) is 6.08 Å². The van der Waals surface area contributed by atoms with Gasteiger partial charge in [0, 0.05) is 0 Å². The van der Waals surface area contributed by atoms with Crippen LogP contribution in [0.3, 0.4) is 0 Å². The van der Waals surface area contributed by atoms with Crippen LogP contribution in [0.5, 0.6) is 0 Å². The summed E-state index contributed by atoms with van der Waals surface area (Å²) in [6.07, 6.45) is 3.25. The lowest BCUT2D eigenvalue weighted by molar-refractivity contribution is 0.565. The van der Waals surface area contributed by atoms with Crippen LogP contribution in [-0.4, -0.2) is 6.08 Å². The Labute approximate surface area is 71.3 Å². The molecule has 2 nitrogen and oxygen atoms in total. The first-order chi connectivity index (χ1) is 5.79. The van der Waals surface area contributed by atoms with Gasteiger partial charge >= 0.3 is 0 Å². The summed E-state index contributed by atoms with van der Waals surface area (Å²) in [6.45, 7) is 5.55. The molecule has 0 fully saturated rings. The number of aliphatic imine (C=N–C) groups is 1. The molecule has 0 unspecified atom stereocenters. The van der Waals surface area contributed by atoms with E-state index in [4.69, 9.17) is 0 Å². The largest absolute Gasteiger partial charge is 0.240 e. The molecule has 0 N–H and O–H groups in total. The van der Waals surface area contributed by atoms with Crippen LogP contribution >= 0.6 is 0 Å². The van der Waals surface area contributed by atoms with Crippen LogP contribution in [0.2, 0.25) is 0 Å². The fourth-order valence-corrected chi connectivity index (χ4v) is 1.03. The molecular weight excluding hydrogens is 150 g/mol. The Balaban J connectivity index is 3.31. The highest BCUT2D eigenvalue weighted by Crippen LogP contribution is 2.21. The molecule has 12 heavy (non-hydrogen) atoms. The Morgan fingerprint density at radius 1 is 1.58 bits per heavy atom. The van der Waals surface area contributed by atoms with Crippen LogP contribution in [-0.2, 0) is 4.79 Å². The minimum Gasteiger partial charge on any atom is -0.211 e. The summed E-state index contributed by atoms with van der Waals surface area (Å²) >= 11 is 0. The van der Waals surface area contributed by atoms with Crippen molar-refractivity contribution in [2.24, 2.45) is 4.99 Å². The number of hydrogen-bond acceptors (Lipinski definition) is 2. The predicted octanol–water partition coefficient (Wildman–Crippen LogP) is 2.61. The normalized spacial score (nSPS) is 8.75. The van der Waals surface area contributed by atoms with Crippen molar-refractivity contribution in [2.75, 3.05) is 0 Å². The third kappa shape index (κ3) is 1.49. The number of carbonyl (C=O) groups excluding carboxylic acids is 1. The zero-order chi connectivity index (χ0) is 8.97. The highest BCUT2D eigenvalue weighted by Gasteiger charge is 1.98. The van der Waals surface area contributed by atoms with Gasteiger partial charge < -0.3 is 0 Å². The smallest absolute Gasteiger partial charge is 0.211 e. The lowest BCUT2D eigenvalue weighted by Gasteiger charge is -2.01. The van der Waals surface area contributed by atoms with Gasteiger partial charge in [-0.05, 0) is 24.1 Å². The van der Waals surface area contributed by atoms with Crippen molar-refractivity contribution >= 4 is 17.8 Å². The number of nitrogens with zero attached hydrogens (tertiary/aromatic N) is 1.